The van der Waals surface area contributed by atoms with Crippen LogP contribution in [-0.4, -0.2) is 143 Å². The lowest BCUT2D eigenvalue weighted by molar-refractivity contribution is -0.192. The van der Waals surface area contributed by atoms with Crippen molar-refractivity contribution >= 4 is 41.0 Å². The van der Waals surface area contributed by atoms with Crippen molar-refractivity contribution < 1.29 is 56.8 Å². The molecule has 1 unspecified atom stereocenters. The summed E-state index contributed by atoms with van der Waals surface area (Å²) in [6.07, 6.45) is 1.46. The number of halogens is 3. The Labute approximate surface area is 389 Å². The Kier molecular flexibility index (Phi) is 15.4. The molecule has 2 aliphatic rings. The Balaban J connectivity index is 0.00000101. The number of benzene rings is 2. The predicted octanol–water partition coefficient (Wildman–Crippen LogP) is 7.21. The Hall–Kier alpha value is -7.10. The van der Waals surface area contributed by atoms with E-state index >= 15 is 0 Å². The van der Waals surface area contributed by atoms with Gasteiger partial charge in [-0.25, -0.2) is 29.3 Å². The smallest absolute Gasteiger partial charge is 0.475 e. The van der Waals surface area contributed by atoms with Crippen LogP contribution in [0.4, 0.5) is 22.8 Å². The number of fused-ring (bicyclic) bond motifs is 1. The molecule has 0 aliphatic carbocycles. The highest BCUT2D eigenvalue weighted by molar-refractivity contribution is 5.87. The zero-order valence-corrected chi connectivity index (χ0v) is 38.6. The standard InChI is InChI=1S/C44H54N10O7.C2HF3O2/c1-25(2)37(52(6)43(58)59)41(56)54-19-9-11-36(54)39-46-22-32(49-39)27-14-12-26(13-15-27)31-21-45-30-20-28(16-17-29(30)48-31)33-23-47-38(50-33)35-10-8-18-53(35)40(55)34(51-42(57)60-7)24-61-44(3,4)5;3-2(4,5)1(6)7/h12-17,20-23,25,34-37H,8-11,18-19,24H2,1-7H3,(H,46,49)(H,47,50)(H,51,57)(H,58,59);(H,6,7)/t34-,35-,36-,37?;/m0./s1. The van der Waals surface area contributed by atoms with Crippen molar-refractivity contribution in [2.45, 2.75) is 96.2 Å². The number of amides is 4. The lowest BCUT2D eigenvalue weighted by Crippen LogP contribution is -2.51. The fourth-order valence-electron chi connectivity index (χ4n) is 8.16. The molecule has 2 aliphatic heterocycles. The van der Waals surface area contributed by atoms with E-state index in [0.717, 1.165) is 64.2 Å². The number of alkyl carbamates (subject to hydrolysis) is 1. The minimum atomic E-state index is -5.08. The number of nitrogens with zero attached hydrogens (tertiary/aromatic N) is 7. The van der Waals surface area contributed by atoms with Crippen molar-refractivity contribution in [1.29, 1.82) is 0 Å². The number of ether oxygens (including phenoxy) is 2. The second-order valence-electron chi connectivity index (χ2n) is 17.8. The van der Waals surface area contributed by atoms with Gasteiger partial charge in [0.15, 0.2) is 0 Å². The van der Waals surface area contributed by atoms with Crippen LogP contribution in [0, 0.1) is 5.92 Å². The molecule has 0 radical (unpaired) electrons. The second kappa shape index (κ2) is 20.8. The van der Waals surface area contributed by atoms with Gasteiger partial charge in [0.1, 0.15) is 23.7 Å². The Morgan fingerprint density at radius 3 is 2.00 bits per heavy atom. The highest BCUT2D eigenvalue weighted by Crippen LogP contribution is 2.35. The van der Waals surface area contributed by atoms with Crippen molar-refractivity contribution in [2.75, 3.05) is 33.9 Å². The molecule has 5 heterocycles. The van der Waals surface area contributed by atoms with E-state index in [0.29, 0.717) is 35.9 Å². The summed E-state index contributed by atoms with van der Waals surface area (Å²) in [6, 6.07) is 11.5. The average Bonchev–Trinajstić information content (AvgIpc) is 4.14. The van der Waals surface area contributed by atoms with Gasteiger partial charge in [-0.3, -0.25) is 19.5 Å². The van der Waals surface area contributed by atoms with E-state index in [-0.39, 0.29) is 36.4 Å². The first kappa shape index (κ1) is 50.3. The predicted molar refractivity (Wildman–Crippen MR) is 241 cm³/mol. The van der Waals surface area contributed by atoms with Crippen LogP contribution in [0.25, 0.3) is 44.8 Å². The number of H-pyrrole nitrogens is 2. The van der Waals surface area contributed by atoms with E-state index in [1.807, 2.05) is 83.3 Å². The summed E-state index contributed by atoms with van der Waals surface area (Å²) in [7, 11) is 2.70. The van der Waals surface area contributed by atoms with Crippen LogP contribution in [0.5, 0.6) is 0 Å². The molecular weight excluding hydrogens is 894 g/mol. The number of aromatic amines is 2. The molecule has 2 fully saturated rings. The average molecular weight is 949 g/mol. The van der Waals surface area contributed by atoms with E-state index in [9.17, 15) is 37.5 Å². The molecule has 0 bridgehead atoms. The molecule has 2 saturated heterocycles. The highest BCUT2D eigenvalue weighted by atomic mass is 19.4. The van der Waals surface area contributed by atoms with E-state index in [1.165, 1.54) is 14.2 Å². The zero-order valence-electron chi connectivity index (χ0n) is 38.6. The summed E-state index contributed by atoms with van der Waals surface area (Å²) >= 11 is 0. The van der Waals surface area contributed by atoms with E-state index in [4.69, 9.17) is 34.3 Å². The van der Waals surface area contributed by atoms with Crippen molar-refractivity contribution in [3.8, 4) is 33.8 Å². The largest absolute Gasteiger partial charge is 0.490 e. The molecule has 0 spiro atoms. The van der Waals surface area contributed by atoms with Gasteiger partial charge in [0.05, 0.1) is 71.9 Å². The summed E-state index contributed by atoms with van der Waals surface area (Å²) in [5.74, 6) is -2.08. The maximum Gasteiger partial charge on any atom is 0.490 e. The number of aromatic nitrogens is 6. The highest BCUT2D eigenvalue weighted by Gasteiger charge is 2.41. The van der Waals surface area contributed by atoms with Gasteiger partial charge in [-0.2, -0.15) is 13.2 Å². The van der Waals surface area contributed by atoms with Crippen LogP contribution in [0.3, 0.4) is 0 Å². The maximum atomic E-state index is 13.8. The number of imidazole rings is 2. The minimum Gasteiger partial charge on any atom is -0.475 e. The third-order valence-electron chi connectivity index (χ3n) is 11.5. The minimum absolute atomic E-state index is 0.00385. The molecule has 68 heavy (non-hydrogen) atoms. The number of aliphatic carboxylic acids is 1. The van der Waals surface area contributed by atoms with Gasteiger partial charge in [-0.1, -0.05) is 44.2 Å². The second-order valence-corrected chi connectivity index (χ2v) is 17.8. The fraction of sp³-hybridized carbons (Fsp3) is 0.457. The van der Waals surface area contributed by atoms with Gasteiger partial charge in [0.25, 0.3) is 0 Å². The van der Waals surface area contributed by atoms with Gasteiger partial charge in [-0.05, 0) is 64.5 Å². The Bertz CT molecular complexity index is 2610. The molecule has 22 heteroatoms. The van der Waals surface area contributed by atoms with Crippen LogP contribution < -0.4 is 5.32 Å². The van der Waals surface area contributed by atoms with Crippen LogP contribution in [0.15, 0.2) is 61.1 Å². The molecule has 0 saturated carbocycles. The normalized spacial score (nSPS) is 17.1. The quantitative estimate of drug-likeness (QED) is 0.0830. The number of likely N-dealkylation sites (N-methyl/N-ethyl adjacent to an activating group) is 1. The topological polar surface area (TPSA) is 249 Å². The zero-order chi connectivity index (χ0) is 49.7. The fourth-order valence-corrected chi connectivity index (χ4v) is 8.16. The van der Waals surface area contributed by atoms with Crippen molar-refractivity contribution in [2.24, 2.45) is 5.92 Å². The van der Waals surface area contributed by atoms with Gasteiger partial charge >= 0.3 is 24.3 Å². The van der Waals surface area contributed by atoms with Crippen LogP contribution in [-0.2, 0) is 23.9 Å². The molecule has 4 atom stereocenters. The number of carbonyl (C=O) groups excluding carboxylic acids is 3. The number of hydrogen-bond donors (Lipinski definition) is 5. The van der Waals surface area contributed by atoms with Crippen molar-refractivity contribution in [3.05, 3.63) is 72.7 Å². The number of carboxylic acids is 1. The van der Waals surface area contributed by atoms with Gasteiger partial charge in [-0.15, -0.1) is 0 Å². The number of carboxylic acid groups (broad SMARTS) is 2. The van der Waals surface area contributed by atoms with Gasteiger partial charge in [0.2, 0.25) is 11.8 Å². The number of alkyl halides is 3. The third kappa shape index (κ3) is 11.9. The van der Waals surface area contributed by atoms with E-state index in [1.54, 1.807) is 22.2 Å². The molecular formula is C46H55F3N10O9. The first-order valence-electron chi connectivity index (χ1n) is 21.9. The van der Waals surface area contributed by atoms with Gasteiger partial charge in [0, 0.05) is 43.0 Å². The van der Waals surface area contributed by atoms with Crippen molar-refractivity contribution in [1.82, 2.24) is 49.9 Å². The molecule has 5 N–H and O–H groups in total. The lowest BCUT2D eigenvalue weighted by atomic mass is 10.0. The number of methoxy groups -OCH3 is 1. The number of carbonyl (C=O) groups is 5. The first-order chi connectivity index (χ1) is 32.1. The Morgan fingerprint density at radius 1 is 0.838 bits per heavy atom. The molecule has 3 aromatic heterocycles. The first-order valence-corrected chi connectivity index (χ1v) is 21.9. The molecule has 5 aromatic rings. The summed E-state index contributed by atoms with van der Waals surface area (Å²) in [5, 5.41) is 19.4. The maximum absolute atomic E-state index is 13.8. The monoisotopic (exact) mass is 948 g/mol. The van der Waals surface area contributed by atoms with Crippen LogP contribution in [0.2, 0.25) is 0 Å². The molecule has 364 valence electrons. The summed E-state index contributed by atoms with van der Waals surface area (Å²) in [5.41, 5.74) is 5.80. The SMILES string of the molecule is COC(=O)N[C@@H](COC(C)(C)C)C(=O)N1CCC[C@H]1c1ncc(-c2ccc3nc(-c4ccc(-c5c[nH]c([C@@H]6CCCN6C(=O)C(C(C)C)N(C)C(=O)O)n5)cc4)cnc3c2)[nH]1.O=C(O)C(F)(F)F. The summed E-state index contributed by atoms with van der Waals surface area (Å²) in [4.78, 5) is 90.6. The summed E-state index contributed by atoms with van der Waals surface area (Å²) in [6.45, 7) is 10.4. The van der Waals surface area contributed by atoms with E-state index < -0.39 is 42.0 Å². The molecule has 4 amide bonds. The van der Waals surface area contributed by atoms with Crippen LogP contribution in [0.1, 0.15) is 84.0 Å². The van der Waals surface area contributed by atoms with Crippen LogP contribution >= 0.6 is 0 Å². The third-order valence-corrected chi connectivity index (χ3v) is 11.5. The molecule has 19 nitrogen and oxygen atoms in total. The number of likely N-dealkylation sites (tertiary alicyclic amines) is 2. The molecule has 2 aromatic carbocycles. The molecule has 7 rings (SSSR count). The van der Waals surface area contributed by atoms with Crippen molar-refractivity contribution in [3.63, 3.8) is 0 Å². The lowest BCUT2D eigenvalue weighted by Gasteiger charge is -2.33. The van der Waals surface area contributed by atoms with Gasteiger partial charge < -0.3 is 44.8 Å². The number of hydrogen-bond acceptors (Lipinski definition) is 11. The summed E-state index contributed by atoms with van der Waals surface area (Å²) < 4.78 is 42.4. The number of rotatable bonds is 12. The van der Waals surface area contributed by atoms with E-state index in [2.05, 4.69) is 20.3 Å². The number of nitrogens with one attached hydrogen (secondary N) is 3. The Morgan fingerprint density at radius 2 is 1.43 bits per heavy atom.